The van der Waals surface area contributed by atoms with E-state index in [0.29, 0.717) is 25.2 Å². The summed E-state index contributed by atoms with van der Waals surface area (Å²) in [6.45, 7) is 8.65. The Hall–Kier alpha value is -2.37. The fraction of sp³-hybridized carbons (Fsp3) is 0.444. The number of benzene rings is 1. The van der Waals surface area contributed by atoms with Gasteiger partial charge in [-0.1, -0.05) is 6.07 Å². The Labute approximate surface area is 141 Å². The van der Waals surface area contributed by atoms with E-state index in [4.69, 9.17) is 0 Å². The maximum Gasteiger partial charge on any atom is 0.257 e. The number of halogens is 1. The number of nitrogens with zero attached hydrogens (tertiary/aromatic N) is 4. The fourth-order valence-corrected chi connectivity index (χ4v) is 3.21. The first kappa shape index (κ1) is 16.5. The predicted molar refractivity (Wildman–Crippen MR) is 91.7 cm³/mol. The molecule has 2 aromatic rings. The molecular formula is C18H23FN4O. The van der Waals surface area contributed by atoms with Crippen LogP contribution in [0.2, 0.25) is 0 Å². The molecule has 0 radical (unpaired) electrons. The number of anilines is 1. The number of aryl methyl sites for hydroxylation is 2. The van der Waals surface area contributed by atoms with Crippen molar-refractivity contribution in [3.63, 3.8) is 0 Å². The topological polar surface area (TPSA) is 41.4 Å². The molecule has 2 heterocycles. The third-order valence-electron chi connectivity index (χ3n) is 4.56. The van der Waals surface area contributed by atoms with Crippen molar-refractivity contribution in [3.05, 3.63) is 47.5 Å². The van der Waals surface area contributed by atoms with Gasteiger partial charge in [0.25, 0.3) is 5.91 Å². The van der Waals surface area contributed by atoms with Crippen molar-refractivity contribution in [3.8, 4) is 0 Å². The van der Waals surface area contributed by atoms with E-state index in [1.54, 1.807) is 16.8 Å². The molecule has 24 heavy (non-hydrogen) atoms. The minimum Gasteiger partial charge on any atom is -0.368 e. The molecule has 1 amide bonds. The molecule has 5 nitrogen and oxygen atoms in total. The maximum atomic E-state index is 13.4. The van der Waals surface area contributed by atoms with Gasteiger partial charge in [-0.25, -0.2) is 4.39 Å². The first-order valence-corrected chi connectivity index (χ1v) is 8.35. The molecule has 3 rings (SSSR count). The Balaban J connectivity index is 1.73. The van der Waals surface area contributed by atoms with Gasteiger partial charge >= 0.3 is 0 Å². The molecule has 0 N–H and O–H groups in total. The Bertz CT molecular complexity index is 742. The Morgan fingerprint density at radius 3 is 2.79 bits per heavy atom. The fourth-order valence-electron chi connectivity index (χ4n) is 3.21. The van der Waals surface area contributed by atoms with Gasteiger partial charge in [0.1, 0.15) is 5.82 Å². The summed E-state index contributed by atoms with van der Waals surface area (Å²) in [5.74, 6) is -0.208. The number of aromatic nitrogens is 2. The van der Waals surface area contributed by atoms with Gasteiger partial charge in [0.05, 0.1) is 11.3 Å². The van der Waals surface area contributed by atoms with Crippen LogP contribution in [0.1, 0.15) is 29.9 Å². The van der Waals surface area contributed by atoms with E-state index in [2.05, 4.69) is 10.00 Å². The Kier molecular flexibility index (Phi) is 4.55. The normalized spacial score (nSPS) is 18.1. The molecule has 1 fully saturated rings. The average molecular weight is 330 g/mol. The third kappa shape index (κ3) is 3.13. The Morgan fingerprint density at radius 1 is 1.38 bits per heavy atom. The number of hydrogen-bond acceptors (Lipinski definition) is 3. The SMILES string of the molecule is CCn1cc(C(=O)N2CCN(c3cccc(F)c3)CC2C)c(C)n1. The third-order valence-corrected chi connectivity index (χ3v) is 4.56. The highest BCUT2D eigenvalue weighted by Gasteiger charge is 2.30. The summed E-state index contributed by atoms with van der Waals surface area (Å²) in [6, 6.07) is 6.66. The lowest BCUT2D eigenvalue weighted by atomic mass is 10.1. The van der Waals surface area contributed by atoms with Crippen LogP contribution < -0.4 is 4.90 Å². The summed E-state index contributed by atoms with van der Waals surface area (Å²) in [6.07, 6.45) is 1.82. The first-order valence-electron chi connectivity index (χ1n) is 8.35. The van der Waals surface area contributed by atoms with Gasteiger partial charge in [-0.2, -0.15) is 5.10 Å². The molecule has 6 heteroatoms. The highest BCUT2D eigenvalue weighted by molar-refractivity contribution is 5.95. The molecule has 0 spiro atoms. The van der Waals surface area contributed by atoms with Crippen molar-refractivity contribution in [1.82, 2.24) is 14.7 Å². The summed E-state index contributed by atoms with van der Waals surface area (Å²) in [5, 5.41) is 4.36. The van der Waals surface area contributed by atoms with Crippen LogP contribution in [-0.2, 0) is 6.54 Å². The van der Waals surface area contributed by atoms with Gasteiger partial charge in [-0.15, -0.1) is 0 Å². The van der Waals surface area contributed by atoms with Crippen molar-refractivity contribution in [1.29, 1.82) is 0 Å². The molecule has 128 valence electrons. The number of amides is 1. The number of carbonyl (C=O) groups excluding carboxylic acids is 1. The predicted octanol–water partition coefficient (Wildman–Crippen LogP) is 2.70. The number of carbonyl (C=O) groups is 1. The highest BCUT2D eigenvalue weighted by Crippen LogP contribution is 2.22. The van der Waals surface area contributed by atoms with Crippen LogP contribution >= 0.6 is 0 Å². The zero-order chi connectivity index (χ0) is 17.3. The molecule has 1 aromatic heterocycles. The van der Waals surface area contributed by atoms with Crippen molar-refractivity contribution in [2.75, 3.05) is 24.5 Å². The van der Waals surface area contributed by atoms with Crippen LogP contribution in [0.3, 0.4) is 0 Å². The summed E-state index contributed by atoms with van der Waals surface area (Å²) in [5.41, 5.74) is 2.30. The molecular weight excluding hydrogens is 307 g/mol. The second-order valence-corrected chi connectivity index (χ2v) is 6.26. The van der Waals surface area contributed by atoms with Crippen LogP contribution in [0.4, 0.5) is 10.1 Å². The molecule has 1 aliphatic rings. The monoisotopic (exact) mass is 330 g/mol. The second kappa shape index (κ2) is 6.63. The van der Waals surface area contributed by atoms with Gasteiger partial charge in [-0.3, -0.25) is 9.48 Å². The zero-order valence-electron chi connectivity index (χ0n) is 14.4. The van der Waals surface area contributed by atoms with E-state index in [0.717, 1.165) is 17.9 Å². The van der Waals surface area contributed by atoms with Gasteiger partial charge in [0, 0.05) is 44.1 Å². The molecule has 1 aromatic carbocycles. The largest absolute Gasteiger partial charge is 0.368 e. The summed E-state index contributed by atoms with van der Waals surface area (Å²) in [4.78, 5) is 16.9. The second-order valence-electron chi connectivity index (χ2n) is 6.26. The lowest BCUT2D eigenvalue weighted by Crippen LogP contribution is -2.54. The molecule has 0 saturated carbocycles. The molecule has 0 aliphatic carbocycles. The van der Waals surface area contributed by atoms with Crippen LogP contribution in [0.5, 0.6) is 0 Å². The number of piperazine rings is 1. The van der Waals surface area contributed by atoms with Crippen LogP contribution in [0, 0.1) is 12.7 Å². The van der Waals surface area contributed by atoms with E-state index in [1.807, 2.05) is 37.9 Å². The van der Waals surface area contributed by atoms with E-state index < -0.39 is 0 Å². The maximum absolute atomic E-state index is 13.4. The van der Waals surface area contributed by atoms with Crippen molar-refractivity contribution < 1.29 is 9.18 Å². The quantitative estimate of drug-likeness (QED) is 0.869. The van der Waals surface area contributed by atoms with Crippen LogP contribution in [-0.4, -0.2) is 46.3 Å². The van der Waals surface area contributed by atoms with Crippen molar-refractivity contribution in [2.24, 2.45) is 0 Å². The van der Waals surface area contributed by atoms with Crippen LogP contribution in [0.25, 0.3) is 0 Å². The molecule has 1 saturated heterocycles. The lowest BCUT2D eigenvalue weighted by molar-refractivity contribution is 0.0673. The molecule has 1 unspecified atom stereocenters. The molecule has 1 atom stereocenters. The van der Waals surface area contributed by atoms with Gasteiger partial charge < -0.3 is 9.80 Å². The van der Waals surface area contributed by atoms with Gasteiger partial charge in [-0.05, 0) is 39.0 Å². The van der Waals surface area contributed by atoms with Crippen molar-refractivity contribution >= 4 is 11.6 Å². The summed E-state index contributed by atoms with van der Waals surface area (Å²) < 4.78 is 15.2. The highest BCUT2D eigenvalue weighted by atomic mass is 19.1. The minimum atomic E-state index is -0.235. The standard InChI is InChI=1S/C18H23FN4O/c1-4-22-12-17(14(3)20-22)18(24)23-9-8-21(11-13(23)2)16-7-5-6-15(19)10-16/h5-7,10,12-13H,4,8-9,11H2,1-3H3. The summed E-state index contributed by atoms with van der Waals surface area (Å²) in [7, 11) is 0. The number of hydrogen-bond donors (Lipinski definition) is 0. The van der Waals surface area contributed by atoms with E-state index in [9.17, 15) is 9.18 Å². The van der Waals surface area contributed by atoms with Crippen LogP contribution in [0.15, 0.2) is 30.5 Å². The zero-order valence-corrected chi connectivity index (χ0v) is 14.4. The Morgan fingerprint density at radius 2 is 2.17 bits per heavy atom. The van der Waals surface area contributed by atoms with E-state index in [1.165, 1.54) is 6.07 Å². The van der Waals surface area contributed by atoms with E-state index >= 15 is 0 Å². The van der Waals surface area contributed by atoms with E-state index in [-0.39, 0.29) is 17.8 Å². The average Bonchev–Trinajstić information content (AvgIpc) is 2.95. The molecule has 1 aliphatic heterocycles. The first-order chi connectivity index (χ1) is 11.5. The number of rotatable bonds is 3. The lowest BCUT2D eigenvalue weighted by Gasteiger charge is -2.41. The van der Waals surface area contributed by atoms with Gasteiger partial charge in [0.2, 0.25) is 0 Å². The van der Waals surface area contributed by atoms with Crippen molar-refractivity contribution in [2.45, 2.75) is 33.4 Å². The van der Waals surface area contributed by atoms with Gasteiger partial charge in [0.15, 0.2) is 0 Å². The minimum absolute atomic E-state index is 0.0265. The molecule has 0 bridgehead atoms. The summed E-state index contributed by atoms with van der Waals surface area (Å²) >= 11 is 0. The smallest absolute Gasteiger partial charge is 0.257 e.